The van der Waals surface area contributed by atoms with Gasteiger partial charge in [-0.3, -0.25) is 0 Å². The van der Waals surface area contributed by atoms with Crippen molar-refractivity contribution in [1.29, 1.82) is 0 Å². The number of aryl methyl sites for hydroxylation is 1. The van der Waals surface area contributed by atoms with Crippen LogP contribution in [-0.4, -0.2) is 46.3 Å². The van der Waals surface area contributed by atoms with Crippen molar-refractivity contribution >= 4 is 10.0 Å². The standard InChI is InChI=1S/C12H17N5O3S/c1-15(2)6-11-14-9-4-17(5-10(9)20-11)21(18,19)12-7-16(3)8-13-12/h7-8H,4-6H2,1-3H3. The van der Waals surface area contributed by atoms with E-state index in [9.17, 15) is 8.42 Å². The summed E-state index contributed by atoms with van der Waals surface area (Å²) in [5.41, 5.74) is 0.686. The number of aromatic nitrogens is 3. The molecule has 1 aliphatic rings. The summed E-state index contributed by atoms with van der Waals surface area (Å²) in [6, 6.07) is 0. The first-order valence-electron chi connectivity index (χ1n) is 6.46. The van der Waals surface area contributed by atoms with Crippen LogP contribution >= 0.6 is 0 Å². The van der Waals surface area contributed by atoms with Crippen molar-refractivity contribution in [2.45, 2.75) is 24.7 Å². The van der Waals surface area contributed by atoms with Crippen LogP contribution in [0.15, 0.2) is 22.0 Å². The van der Waals surface area contributed by atoms with Crippen molar-refractivity contribution in [3.05, 3.63) is 29.9 Å². The van der Waals surface area contributed by atoms with Gasteiger partial charge in [0.15, 0.2) is 5.03 Å². The van der Waals surface area contributed by atoms with Crippen LogP contribution in [0.25, 0.3) is 0 Å². The first-order valence-corrected chi connectivity index (χ1v) is 7.90. The third kappa shape index (κ3) is 2.59. The van der Waals surface area contributed by atoms with Gasteiger partial charge in [0.25, 0.3) is 10.0 Å². The fourth-order valence-electron chi connectivity index (χ4n) is 2.23. The van der Waals surface area contributed by atoms with Gasteiger partial charge >= 0.3 is 0 Å². The maximum absolute atomic E-state index is 12.4. The summed E-state index contributed by atoms with van der Waals surface area (Å²) in [4.78, 5) is 10.2. The van der Waals surface area contributed by atoms with E-state index in [4.69, 9.17) is 4.42 Å². The van der Waals surface area contributed by atoms with Gasteiger partial charge in [-0.05, 0) is 14.1 Å². The molecule has 0 atom stereocenters. The number of nitrogens with zero attached hydrogens (tertiary/aromatic N) is 5. The zero-order chi connectivity index (χ0) is 15.2. The summed E-state index contributed by atoms with van der Waals surface area (Å²) in [6.07, 6.45) is 2.95. The number of imidazole rings is 1. The maximum Gasteiger partial charge on any atom is 0.262 e. The van der Waals surface area contributed by atoms with Gasteiger partial charge in [-0.1, -0.05) is 0 Å². The lowest BCUT2D eigenvalue weighted by Crippen LogP contribution is -2.26. The Bertz CT molecular complexity index is 738. The van der Waals surface area contributed by atoms with Crippen LogP contribution in [0, 0.1) is 0 Å². The molecule has 114 valence electrons. The van der Waals surface area contributed by atoms with Crippen molar-refractivity contribution in [3.63, 3.8) is 0 Å². The van der Waals surface area contributed by atoms with Gasteiger partial charge in [0, 0.05) is 13.2 Å². The monoisotopic (exact) mass is 311 g/mol. The first-order chi connectivity index (χ1) is 9.86. The fourth-order valence-corrected chi connectivity index (χ4v) is 3.55. The molecule has 2 aromatic heterocycles. The minimum atomic E-state index is -3.60. The minimum Gasteiger partial charge on any atom is -0.443 e. The average Bonchev–Trinajstić information content (AvgIpc) is 3.02. The molecule has 0 N–H and O–H groups in total. The lowest BCUT2D eigenvalue weighted by Gasteiger charge is -2.13. The molecule has 0 saturated heterocycles. The summed E-state index contributed by atoms with van der Waals surface area (Å²) in [5.74, 6) is 1.23. The summed E-state index contributed by atoms with van der Waals surface area (Å²) in [6.45, 7) is 1.03. The Hall–Kier alpha value is -1.71. The molecule has 0 aliphatic carbocycles. The molecule has 0 spiro atoms. The van der Waals surface area contributed by atoms with Gasteiger partial charge < -0.3 is 13.9 Å². The van der Waals surface area contributed by atoms with Crippen LogP contribution in [0.3, 0.4) is 0 Å². The Kier molecular flexibility index (Phi) is 3.34. The molecule has 3 rings (SSSR count). The van der Waals surface area contributed by atoms with Crippen molar-refractivity contribution in [2.24, 2.45) is 7.05 Å². The van der Waals surface area contributed by atoms with E-state index in [1.165, 1.54) is 16.8 Å². The zero-order valence-electron chi connectivity index (χ0n) is 12.1. The molecule has 0 aromatic carbocycles. The quantitative estimate of drug-likeness (QED) is 0.800. The molecular formula is C12H17N5O3S. The van der Waals surface area contributed by atoms with Crippen LogP contribution in [-0.2, 0) is 36.7 Å². The van der Waals surface area contributed by atoms with Gasteiger partial charge in [0.2, 0.25) is 5.89 Å². The summed E-state index contributed by atoms with van der Waals surface area (Å²) < 4.78 is 33.5. The molecule has 1 aliphatic heterocycles. The predicted octanol–water partition coefficient (Wildman–Crippen LogP) is 0.174. The number of hydrogen-bond donors (Lipinski definition) is 0. The molecule has 0 unspecified atom stereocenters. The highest BCUT2D eigenvalue weighted by Gasteiger charge is 2.35. The molecular weight excluding hydrogens is 294 g/mol. The maximum atomic E-state index is 12.4. The van der Waals surface area contributed by atoms with E-state index in [1.54, 1.807) is 11.6 Å². The molecule has 8 nitrogen and oxygen atoms in total. The van der Waals surface area contributed by atoms with Gasteiger partial charge in [-0.2, -0.15) is 4.31 Å². The minimum absolute atomic E-state index is 0.0451. The topological polar surface area (TPSA) is 84.5 Å². The summed E-state index contributed by atoms with van der Waals surface area (Å²) in [7, 11) is 1.98. The Morgan fingerprint density at radius 3 is 2.71 bits per heavy atom. The van der Waals surface area contributed by atoms with E-state index < -0.39 is 10.0 Å². The molecule has 3 heterocycles. The Labute approximate surface area is 123 Å². The van der Waals surface area contributed by atoms with Crippen molar-refractivity contribution in [2.75, 3.05) is 14.1 Å². The lowest BCUT2D eigenvalue weighted by molar-refractivity contribution is 0.318. The van der Waals surface area contributed by atoms with Crippen molar-refractivity contribution in [1.82, 2.24) is 23.7 Å². The lowest BCUT2D eigenvalue weighted by atomic mass is 10.4. The number of oxazole rings is 1. The van der Waals surface area contributed by atoms with Crippen LogP contribution in [0.2, 0.25) is 0 Å². The van der Waals surface area contributed by atoms with E-state index in [0.29, 0.717) is 23.9 Å². The molecule has 0 saturated carbocycles. The van der Waals surface area contributed by atoms with Crippen LogP contribution in [0.5, 0.6) is 0 Å². The van der Waals surface area contributed by atoms with Crippen LogP contribution in [0.1, 0.15) is 17.3 Å². The highest BCUT2D eigenvalue weighted by Crippen LogP contribution is 2.28. The van der Waals surface area contributed by atoms with Gasteiger partial charge in [0.1, 0.15) is 5.76 Å². The number of rotatable bonds is 4. The second-order valence-electron chi connectivity index (χ2n) is 5.37. The third-order valence-corrected chi connectivity index (χ3v) is 4.88. The van der Waals surface area contributed by atoms with Crippen molar-refractivity contribution in [3.8, 4) is 0 Å². The molecule has 21 heavy (non-hydrogen) atoms. The van der Waals surface area contributed by atoms with E-state index in [-0.39, 0.29) is 18.1 Å². The second-order valence-corrected chi connectivity index (χ2v) is 7.25. The number of hydrogen-bond acceptors (Lipinski definition) is 6. The predicted molar refractivity (Wildman–Crippen MR) is 73.5 cm³/mol. The normalized spacial score (nSPS) is 15.8. The Morgan fingerprint density at radius 1 is 1.38 bits per heavy atom. The van der Waals surface area contributed by atoms with Crippen LogP contribution in [0.4, 0.5) is 0 Å². The zero-order valence-corrected chi connectivity index (χ0v) is 13.0. The smallest absolute Gasteiger partial charge is 0.262 e. The highest BCUT2D eigenvalue weighted by molar-refractivity contribution is 7.89. The Morgan fingerprint density at radius 2 is 2.14 bits per heavy atom. The van der Waals surface area contributed by atoms with Gasteiger partial charge in [0.05, 0.1) is 31.7 Å². The van der Waals surface area contributed by atoms with E-state index in [1.807, 2.05) is 19.0 Å². The first kappa shape index (κ1) is 14.2. The molecule has 9 heteroatoms. The van der Waals surface area contributed by atoms with Gasteiger partial charge in [-0.25, -0.2) is 18.4 Å². The number of fused-ring (bicyclic) bond motifs is 1. The molecule has 0 amide bonds. The van der Waals surface area contributed by atoms with E-state index in [2.05, 4.69) is 9.97 Å². The largest absolute Gasteiger partial charge is 0.443 e. The van der Waals surface area contributed by atoms with E-state index in [0.717, 1.165) is 0 Å². The SMILES string of the molecule is CN(C)Cc1nc2c(o1)CN(S(=O)(=O)c1cn(C)cn1)C2. The summed E-state index contributed by atoms with van der Waals surface area (Å²) in [5, 5.41) is 0.0451. The fraction of sp³-hybridized carbons (Fsp3) is 0.500. The average molecular weight is 311 g/mol. The molecule has 0 fully saturated rings. The Balaban J connectivity index is 1.80. The molecule has 0 radical (unpaired) electrons. The van der Waals surface area contributed by atoms with Crippen LogP contribution < -0.4 is 0 Å². The highest BCUT2D eigenvalue weighted by atomic mass is 32.2. The molecule has 0 bridgehead atoms. The van der Waals surface area contributed by atoms with E-state index >= 15 is 0 Å². The molecule has 2 aromatic rings. The third-order valence-electron chi connectivity index (χ3n) is 3.21. The number of sulfonamides is 1. The second kappa shape index (κ2) is 4.93. The summed E-state index contributed by atoms with van der Waals surface area (Å²) >= 11 is 0. The van der Waals surface area contributed by atoms with Crippen molar-refractivity contribution < 1.29 is 12.8 Å². The van der Waals surface area contributed by atoms with Gasteiger partial charge in [-0.15, -0.1) is 0 Å².